The van der Waals surface area contributed by atoms with Crippen LogP contribution in [0, 0.1) is 18.8 Å². The van der Waals surface area contributed by atoms with Crippen molar-refractivity contribution in [1.82, 2.24) is 15.6 Å². The van der Waals surface area contributed by atoms with Gasteiger partial charge < -0.3 is 10.6 Å². The Morgan fingerprint density at radius 1 is 1.11 bits per heavy atom. The van der Waals surface area contributed by atoms with Crippen LogP contribution in [0.5, 0.6) is 0 Å². The first-order chi connectivity index (χ1) is 13.6. The van der Waals surface area contributed by atoms with Crippen molar-refractivity contribution >= 4 is 5.91 Å². The minimum atomic E-state index is -0.00635. The third-order valence-electron chi connectivity index (χ3n) is 5.63. The van der Waals surface area contributed by atoms with Gasteiger partial charge in [0.1, 0.15) is 0 Å². The zero-order chi connectivity index (χ0) is 19.4. The van der Waals surface area contributed by atoms with Crippen molar-refractivity contribution in [1.29, 1.82) is 0 Å². The van der Waals surface area contributed by atoms with Gasteiger partial charge in [-0.2, -0.15) is 0 Å². The number of pyridine rings is 1. The van der Waals surface area contributed by atoms with Gasteiger partial charge in [0.15, 0.2) is 0 Å². The van der Waals surface area contributed by atoms with Crippen LogP contribution >= 0.6 is 0 Å². The summed E-state index contributed by atoms with van der Waals surface area (Å²) < 4.78 is 0. The molecule has 2 aliphatic carbocycles. The molecule has 2 saturated carbocycles. The van der Waals surface area contributed by atoms with E-state index in [2.05, 4.69) is 27.5 Å². The quantitative estimate of drug-likeness (QED) is 0.788. The molecular formula is C24H27N3O. The molecule has 1 heterocycles. The summed E-state index contributed by atoms with van der Waals surface area (Å²) in [6.45, 7) is 2.67. The highest BCUT2D eigenvalue weighted by Crippen LogP contribution is 2.33. The van der Waals surface area contributed by atoms with Crippen molar-refractivity contribution in [2.45, 2.75) is 57.0 Å². The molecule has 0 saturated heterocycles. The fourth-order valence-electron chi connectivity index (χ4n) is 3.91. The number of carbonyl (C=O) groups is 1. The average molecular weight is 374 g/mol. The summed E-state index contributed by atoms with van der Waals surface area (Å²) in [5, 5.41) is 6.94. The highest BCUT2D eigenvalue weighted by atomic mass is 16.1. The first-order valence-electron chi connectivity index (χ1n) is 10.2. The minimum Gasteiger partial charge on any atom is -0.350 e. The molecule has 1 aromatic carbocycles. The summed E-state index contributed by atoms with van der Waals surface area (Å²) >= 11 is 0. The van der Waals surface area contributed by atoms with E-state index in [1.54, 1.807) is 6.20 Å². The molecule has 0 spiro atoms. The number of aromatic nitrogens is 1. The van der Waals surface area contributed by atoms with Gasteiger partial charge in [0.2, 0.25) is 0 Å². The van der Waals surface area contributed by atoms with E-state index < -0.39 is 0 Å². The van der Waals surface area contributed by atoms with Crippen molar-refractivity contribution < 1.29 is 4.79 Å². The van der Waals surface area contributed by atoms with E-state index in [0.29, 0.717) is 18.2 Å². The average Bonchev–Trinajstić information content (AvgIpc) is 3.40. The van der Waals surface area contributed by atoms with E-state index in [1.165, 1.54) is 25.7 Å². The topological polar surface area (TPSA) is 54.0 Å². The van der Waals surface area contributed by atoms with Crippen molar-refractivity contribution in [3.05, 3.63) is 65.0 Å². The van der Waals surface area contributed by atoms with E-state index in [-0.39, 0.29) is 11.4 Å². The fraction of sp³-hybridized carbons (Fsp3) is 0.417. The highest BCUT2D eigenvalue weighted by Gasteiger charge is 2.38. The van der Waals surface area contributed by atoms with Gasteiger partial charge >= 0.3 is 0 Å². The van der Waals surface area contributed by atoms with Crippen LogP contribution in [0.25, 0.3) is 0 Å². The monoisotopic (exact) mass is 373 g/mol. The number of benzene rings is 1. The molecule has 0 radical (unpaired) electrons. The van der Waals surface area contributed by atoms with Crippen molar-refractivity contribution in [3.63, 3.8) is 0 Å². The molecule has 144 valence electrons. The Bertz CT molecular complexity index is 897. The molecule has 1 aromatic heterocycles. The molecule has 2 aromatic rings. The molecule has 4 heteroatoms. The highest BCUT2D eigenvalue weighted by molar-refractivity contribution is 5.94. The Kier molecular flexibility index (Phi) is 5.45. The van der Waals surface area contributed by atoms with E-state index in [9.17, 15) is 4.79 Å². The van der Waals surface area contributed by atoms with Crippen LogP contribution in [0.4, 0.5) is 0 Å². The second-order valence-corrected chi connectivity index (χ2v) is 8.10. The largest absolute Gasteiger partial charge is 0.350 e. The summed E-state index contributed by atoms with van der Waals surface area (Å²) in [7, 11) is 0. The number of carbonyl (C=O) groups excluding carboxylic acids is 1. The van der Waals surface area contributed by atoms with Crippen LogP contribution in [-0.2, 0) is 0 Å². The molecule has 1 amide bonds. The first kappa shape index (κ1) is 18.7. The molecule has 4 rings (SSSR count). The van der Waals surface area contributed by atoms with Crippen LogP contribution < -0.4 is 10.6 Å². The molecule has 28 heavy (non-hydrogen) atoms. The Morgan fingerprint density at radius 3 is 2.50 bits per heavy atom. The second kappa shape index (κ2) is 8.16. The van der Waals surface area contributed by atoms with Gasteiger partial charge in [-0.15, -0.1) is 0 Å². The maximum Gasteiger partial charge on any atom is 0.251 e. The number of rotatable bonds is 5. The first-order valence-corrected chi connectivity index (χ1v) is 10.2. The standard InChI is InChI=1S/C24H27N3O/c1-18-16-20(12-15-25-18)5-4-19-6-8-21(9-7-19)23(28)26-17-24(13-2-3-14-24)27-22-10-11-22/h6-9,12,15-16,22,27H,2-3,10-11,13-14,17H2,1H3,(H,26,28). The predicted octanol–water partition coefficient (Wildman–Crippen LogP) is 3.58. The van der Waals surface area contributed by atoms with E-state index >= 15 is 0 Å². The number of hydrogen-bond acceptors (Lipinski definition) is 3. The van der Waals surface area contributed by atoms with E-state index in [4.69, 9.17) is 0 Å². The number of hydrogen-bond donors (Lipinski definition) is 2. The van der Waals surface area contributed by atoms with Crippen LogP contribution in [0.15, 0.2) is 42.6 Å². The Labute approximate surface area is 167 Å². The maximum absolute atomic E-state index is 12.6. The van der Waals surface area contributed by atoms with Gasteiger partial charge in [0, 0.05) is 46.7 Å². The lowest BCUT2D eigenvalue weighted by Crippen LogP contribution is -2.52. The normalized spacial score (nSPS) is 17.6. The summed E-state index contributed by atoms with van der Waals surface area (Å²) in [6.07, 6.45) is 9.13. The van der Waals surface area contributed by atoms with E-state index in [0.717, 1.165) is 29.7 Å². The SMILES string of the molecule is Cc1cc(C#Cc2ccc(C(=O)NCC3(NC4CC4)CCCC3)cc2)ccn1. The summed E-state index contributed by atoms with van der Waals surface area (Å²) in [6, 6.07) is 12.0. The molecule has 0 bridgehead atoms. The molecule has 0 unspecified atom stereocenters. The second-order valence-electron chi connectivity index (χ2n) is 8.10. The molecule has 2 aliphatic rings. The number of aryl methyl sites for hydroxylation is 1. The molecule has 0 atom stereocenters. The summed E-state index contributed by atoms with van der Waals surface area (Å²) in [5.74, 6) is 6.28. The van der Waals surface area contributed by atoms with Crippen LogP contribution in [0.3, 0.4) is 0 Å². The lowest BCUT2D eigenvalue weighted by atomic mass is 9.97. The van der Waals surface area contributed by atoms with Gasteiger partial charge in [-0.05, 0) is 69.0 Å². The van der Waals surface area contributed by atoms with Crippen molar-refractivity contribution in [2.75, 3.05) is 6.54 Å². The van der Waals surface area contributed by atoms with Gasteiger partial charge in [-0.3, -0.25) is 9.78 Å². The fourth-order valence-corrected chi connectivity index (χ4v) is 3.91. The minimum absolute atomic E-state index is 0.00635. The molecule has 4 nitrogen and oxygen atoms in total. The number of nitrogens with one attached hydrogen (secondary N) is 2. The zero-order valence-corrected chi connectivity index (χ0v) is 16.4. The lowest BCUT2D eigenvalue weighted by Gasteiger charge is -2.31. The van der Waals surface area contributed by atoms with Gasteiger partial charge in [-0.25, -0.2) is 0 Å². The molecule has 2 fully saturated rings. The Balaban J connectivity index is 1.36. The summed E-state index contributed by atoms with van der Waals surface area (Å²) in [5.41, 5.74) is 3.58. The van der Waals surface area contributed by atoms with Gasteiger partial charge in [-0.1, -0.05) is 24.7 Å². The lowest BCUT2D eigenvalue weighted by molar-refractivity contribution is 0.0938. The third kappa shape index (κ3) is 4.79. The van der Waals surface area contributed by atoms with Crippen LogP contribution in [0.1, 0.15) is 65.7 Å². The summed E-state index contributed by atoms with van der Waals surface area (Å²) in [4.78, 5) is 16.8. The Morgan fingerprint density at radius 2 is 1.82 bits per heavy atom. The third-order valence-corrected chi connectivity index (χ3v) is 5.63. The number of nitrogens with zero attached hydrogens (tertiary/aromatic N) is 1. The van der Waals surface area contributed by atoms with E-state index in [1.807, 2.05) is 43.3 Å². The predicted molar refractivity (Wildman–Crippen MR) is 111 cm³/mol. The molecule has 0 aliphatic heterocycles. The Hall–Kier alpha value is -2.64. The van der Waals surface area contributed by atoms with Gasteiger partial charge in [0.05, 0.1) is 0 Å². The van der Waals surface area contributed by atoms with Crippen LogP contribution in [-0.4, -0.2) is 29.0 Å². The zero-order valence-electron chi connectivity index (χ0n) is 16.4. The number of amides is 1. The molecular weight excluding hydrogens is 346 g/mol. The van der Waals surface area contributed by atoms with Gasteiger partial charge in [0.25, 0.3) is 5.91 Å². The maximum atomic E-state index is 12.6. The molecule has 2 N–H and O–H groups in total. The van der Waals surface area contributed by atoms with Crippen molar-refractivity contribution in [3.8, 4) is 11.8 Å². The van der Waals surface area contributed by atoms with Crippen LogP contribution in [0.2, 0.25) is 0 Å². The smallest absolute Gasteiger partial charge is 0.251 e. The van der Waals surface area contributed by atoms with Crippen molar-refractivity contribution in [2.24, 2.45) is 0 Å².